The molecule has 1 aromatic carbocycles. The Bertz CT molecular complexity index is 458. The van der Waals surface area contributed by atoms with Gasteiger partial charge in [0.15, 0.2) is 0 Å². The van der Waals surface area contributed by atoms with Crippen LogP contribution in [0.1, 0.15) is 17.5 Å². The van der Waals surface area contributed by atoms with Gasteiger partial charge in [-0.3, -0.25) is 9.80 Å². The fourth-order valence-electron chi connectivity index (χ4n) is 3.28. The summed E-state index contributed by atoms with van der Waals surface area (Å²) in [5.41, 5.74) is 2.26. The van der Waals surface area contributed by atoms with E-state index in [1.807, 2.05) is 6.07 Å². The molecule has 110 valence electrons. The number of likely N-dealkylation sites (tertiary alicyclic amines) is 1. The van der Waals surface area contributed by atoms with Crippen LogP contribution in [0.5, 0.6) is 5.75 Å². The minimum Gasteiger partial charge on any atom is -0.508 e. The van der Waals surface area contributed by atoms with Crippen LogP contribution in [0.15, 0.2) is 18.2 Å². The standard InChI is InChI=1S/C16H24N2O2/c1-13-2-3-16(19)14(10-13)11-17-5-4-15(12-17)18-6-8-20-9-7-18/h2-3,10,15,19H,4-9,11-12H2,1H3. The Morgan fingerprint density at radius 1 is 1.25 bits per heavy atom. The fourth-order valence-corrected chi connectivity index (χ4v) is 3.28. The molecule has 4 nitrogen and oxygen atoms in total. The van der Waals surface area contributed by atoms with Gasteiger partial charge >= 0.3 is 0 Å². The van der Waals surface area contributed by atoms with Crippen molar-refractivity contribution in [3.05, 3.63) is 29.3 Å². The third-order valence-corrected chi connectivity index (χ3v) is 4.44. The molecule has 1 aromatic rings. The second-order valence-electron chi connectivity index (χ2n) is 5.96. The van der Waals surface area contributed by atoms with E-state index in [4.69, 9.17) is 4.74 Å². The van der Waals surface area contributed by atoms with Gasteiger partial charge in [-0.25, -0.2) is 0 Å². The Morgan fingerprint density at radius 2 is 2.05 bits per heavy atom. The van der Waals surface area contributed by atoms with Gasteiger partial charge in [-0.1, -0.05) is 17.7 Å². The van der Waals surface area contributed by atoms with E-state index in [1.165, 1.54) is 12.0 Å². The number of hydrogen-bond acceptors (Lipinski definition) is 4. The number of nitrogens with zero attached hydrogens (tertiary/aromatic N) is 2. The van der Waals surface area contributed by atoms with Crippen LogP contribution in [0.3, 0.4) is 0 Å². The normalized spacial score (nSPS) is 25.1. The minimum absolute atomic E-state index is 0.422. The number of morpholine rings is 1. The fraction of sp³-hybridized carbons (Fsp3) is 0.625. The third-order valence-electron chi connectivity index (χ3n) is 4.44. The van der Waals surface area contributed by atoms with Crippen LogP contribution in [-0.2, 0) is 11.3 Å². The van der Waals surface area contributed by atoms with E-state index in [-0.39, 0.29) is 0 Å². The van der Waals surface area contributed by atoms with Crippen LogP contribution in [0.2, 0.25) is 0 Å². The van der Waals surface area contributed by atoms with Crippen molar-refractivity contribution in [2.45, 2.75) is 25.9 Å². The molecular weight excluding hydrogens is 252 g/mol. The zero-order valence-electron chi connectivity index (χ0n) is 12.2. The number of phenols is 1. The van der Waals surface area contributed by atoms with Gasteiger partial charge < -0.3 is 9.84 Å². The Morgan fingerprint density at radius 3 is 2.85 bits per heavy atom. The van der Waals surface area contributed by atoms with E-state index in [9.17, 15) is 5.11 Å². The predicted octanol–water partition coefficient (Wildman–Crippen LogP) is 1.61. The second-order valence-corrected chi connectivity index (χ2v) is 5.96. The first kappa shape index (κ1) is 13.9. The van der Waals surface area contributed by atoms with Gasteiger partial charge in [-0.15, -0.1) is 0 Å². The molecule has 20 heavy (non-hydrogen) atoms. The SMILES string of the molecule is Cc1ccc(O)c(CN2CCC(N3CCOCC3)C2)c1. The highest BCUT2D eigenvalue weighted by Crippen LogP contribution is 2.24. The van der Waals surface area contributed by atoms with Gasteiger partial charge in [0.1, 0.15) is 5.75 Å². The van der Waals surface area contributed by atoms with E-state index in [0.717, 1.165) is 51.5 Å². The molecule has 0 spiro atoms. The summed E-state index contributed by atoms with van der Waals surface area (Å²) >= 11 is 0. The lowest BCUT2D eigenvalue weighted by molar-refractivity contribution is 0.0183. The molecule has 2 aliphatic rings. The average Bonchev–Trinajstić information content (AvgIpc) is 2.92. The first-order valence-corrected chi connectivity index (χ1v) is 7.55. The average molecular weight is 276 g/mol. The molecule has 3 rings (SSSR count). The highest BCUT2D eigenvalue weighted by atomic mass is 16.5. The van der Waals surface area contributed by atoms with Crippen molar-refractivity contribution < 1.29 is 9.84 Å². The maximum absolute atomic E-state index is 9.96. The zero-order chi connectivity index (χ0) is 13.9. The maximum Gasteiger partial charge on any atom is 0.120 e. The highest BCUT2D eigenvalue weighted by Gasteiger charge is 2.28. The molecular formula is C16H24N2O2. The van der Waals surface area contributed by atoms with Gasteiger partial charge in [0.25, 0.3) is 0 Å². The summed E-state index contributed by atoms with van der Waals surface area (Å²) in [6.45, 7) is 9.02. The number of phenolic OH excluding ortho intramolecular Hbond substituents is 1. The van der Waals surface area contributed by atoms with Crippen LogP contribution >= 0.6 is 0 Å². The first-order valence-electron chi connectivity index (χ1n) is 7.55. The molecule has 1 unspecified atom stereocenters. The van der Waals surface area contributed by atoms with E-state index in [0.29, 0.717) is 11.8 Å². The quantitative estimate of drug-likeness (QED) is 0.910. The Labute approximate surface area is 120 Å². The summed E-state index contributed by atoms with van der Waals surface area (Å²) in [4.78, 5) is 5.01. The smallest absolute Gasteiger partial charge is 0.120 e. The molecule has 1 N–H and O–H groups in total. The van der Waals surface area contributed by atoms with E-state index in [1.54, 1.807) is 6.07 Å². The Hall–Kier alpha value is -1.10. The number of ether oxygens (including phenoxy) is 1. The monoisotopic (exact) mass is 276 g/mol. The summed E-state index contributed by atoms with van der Waals surface area (Å²) in [7, 11) is 0. The highest BCUT2D eigenvalue weighted by molar-refractivity contribution is 5.35. The molecule has 0 bridgehead atoms. The van der Waals surface area contributed by atoms with Crippen molar-refractivity contribution in [2.24, 2.45) is 0 Å². The number of hydrogen-bond donors (Lipinski definition) is 1. The van der Waals surface area contributed by atoms with Gasteiger partial charge in [0.2, 0.25) is 0 Å². The number of aryl methyl sites for hydroxylation is 1. The molecule has 4 heteroatoms. The molecule has 2 fully saturated rings. The minimum atomic E-state index is 0.422. The molecule has 2 heterocycles. The lowest BCUT2D eigenvalue weighted by Gasteiger charge is -2.32. The summed E-state index contributed by atoms with van der Waals surface area (Å²) in [5, 5.41) is 9.96. The molecule has 0 radical (unpaired) electrons. The molecule has 1 atom stereocenters. The summed E-state index contributed by atoms with van der Waals surface area (Å²) in [5.74, 6) is 0.422. The van der Waals surface area contributed by atoms with Crippen molar-refractivity contribution in [2.75, 3.05) is 39.4 Å². The summed E-state index contributed by atoms with van der Waals surface area (Å²) < 4.78 is 5.42. The van der Waals surface area contributed by atoms with Crippen molar-refractivity contribution >= 4 is 0 Å². The molecule has 0 saturated carbocycles. The zero-order valence-corrected chi connectivity index (χ0v) is 12.2. The number of aromatic hydroxyl groups is 1. The van der Waals surface area contributed by atoms with Gasteiger partial charge in [-0.2, -0.15) is 0 Å². The Balaban J connectivity index is 1.58. The number of rotatable bonds is 3. The van der Waals surface area contributed by atoms with Crippen molar-refractivity contribution in [3.8, 4) is 5.75 Å². The third kappa shape index (κ3) is 3.14. The van der Waals surface area contributed by atoms with E-state index in [2.05, 4.69) is 22.8 Å². The first-order chi connectivity index (χ1) is 9.72. The van der Waals surface area contributed by atoms with Crippen molar-refractivity contribution in [1.82, 2.24) is 9.80 Å². The molecule has 0 aliphatic carbocycles. The van der Waals surface area contributed by atoms with E-state index < -0.39 is 0 Å². The van der Waals surface area contributed by atoms with Crippen LogP contribution in [0, 0.1) is 6.92 Å². The molecule has 2 aliphatic heterocycles. The van der Waals surface area contributed by atoms with Crippen LogP contribution in [0.4, 0.5) is 0 Å². The van der Waals surface area contributed by atoms with Gasteiger partial charge in [-0.05, 0) is 19.4 Å². The summed E-state index contributed by atoms with van der Waals surface area (Å²) in [6, 6.07) is 6.52. The lowest BCUT2D eigenvalue weighted by Crippen LogP contribution is -2.44. The largest absolute Gasteiger partial charge is 0.508 e. The molecule has 0 aromatic heterocycles. The van der Waals surface area contributed by atoms with Gasteiger partial charge in [0.05, 0.1) is 13.2 Å². The molecule has 2 saturated heterocycles. The summed E-state index contributed by atoms with van der Waals surface area (Å²) in [6.07, 6.45) is 1.23. The molecule has 0 amide bonds. The Kier molecular flexibility index (Phi) is 4.24. The topological polar surface area (TPSA) is 35.9 Å². The van der Waals surface area contributed by atoms with Crippen molar-refractivity contribution in [3.63, 3.8) is 0 Å². The second kappa shape index (κ2) is 6.12. The predicted molar refractivity (Wildman–Crippen MR) is 78.9 cm³/mol. The van der Waals surface area contributed by atoms with Crippen LogP contribution < -0.4 is 0 Å². The maximum atomic E-state index is 9.96. The van der Waals surface area contributed by atoms with Crippen LogP contribution in [-0.4, -0.2) is 60.3 Å². The van der Waals surface area contributed by atoms with E-state index >= 15 is 0 Å². The van der Waals surface area contributed by atoms with Crippen molar-refractivity contribution in [1.29, 1.82) is 0 Å². The van der Waals surface area contributed by atoms with Crippen LogP contribution in [0.25, 0.3) is 0 Å². The number of benzene rings is 1. The lowest BCUT2D eigenvalue weighted by atomic mass is 10.1. The van der Waals surface area contributed by atoms with Gasteiger partial charge in [0, 0.05) is 44.3 Å².